The quantitative estimate of drug-likeness (QED) is 0.840. The molecule has 1 aliphatic carbocycles. The minimum Gasteiger partial charge on any atom is -0.344 e. The van der Waals surface area contributed by atoms with Gasteiger partial charge < -0.3 is 5.32 Å². The summed E-state index contributed by atoms with van der Waals surface area (Å²) in [5.74, 6) is -0.176. The van der Waals surface area contributed by atoms with Gasteiger partial charge in [-0.3, -0.25) is 4.79 Å². The van der Waals surface area contributed by atoms with E-state index < -0.39 is 0 Å². The third-order valence-corrected chi connectivity index (χ3v) is 3.32. The molecule has 1 aliphatic rings. The highest BCUT2D eigenvalue weighted by Crippen LogP contribution is 2.29. The Morgan fingerprint density at radius 2 is 2.28 bits per heavy atom. The molecule has 0 fully saturated rings. The summed E-state index contributed by atoms with van der Waals surface area (Å²) in [6, 6.07) is 8.35. The molecule has 1 aromatic carbocycles. The summed E-state index contributed by atoms with van der Waals surface area (Å²) in [6.45, 7) is 0. The number of carbonyl (C=O) groups is 1. The molecule has 1 aromatic heterocycles. The largest absolute Gasteiger partial charge is 0.344 e. The summed E-state index contributed by atoms with van der Waals surface area (Å²) < 4.78 is 0. The Labute approximate surface area is 105 Å². The van der Waals surface area contributed by atoms with Crippen molar-refractivity contribution in [3.8, 4) is 0 Å². The lowest BCUT2D eigenvalue weighted by Crippen LogP contribution is -2.31. The maximum Gasteiger partial charge on any atom is 0.273 e. The number of H-pyrrole nitrogens is 1. The Bertz CT molecular complexity index is 550. The van der Waals surface area contributed by atoms with Gasteiger partial charge in [-0.15, -0.1) is 0 Å². The first kappa shape index (κ1) is 11.0. The van der Waals surface area contributed by atoms with Crippen molar-refractivity contribution in [3.05, 3.63) is 47.3 Å². The van der Waals surface area contributed by atoms with Gasteiger partial charge in [-0.05, 0) is 30.4 Å². The van der Waals surface area contributed by atoms with E-state index in [2.05, 4.69) is 32.9 Å². The molecule has 0 saturated heterocycles. The maximum absolute atomic E-state index is 12.0. The van der Waals surface area contributed by atoms with E-state index in [4.69, 9.17) is 0 Å². The van der Waals surface area contributed by atoms with Gasteiger partial charge in [0.15, 0.2) is 5.69 Å². The van der Waals surface area contributed by atoms with Crippen molar-refractivity contribution < 1.29 is 4.79 Å². The minimum atomic E-state index is -0.176. The summed E-state index contributed by atoms with van der Waals surface area (Å²) in [5, 5.41) is 12.9. The summed E-state index contributed by atoms with van der Waals surface area (Å²) in [6.07, 6.45) is 4.60. The average molecular weight is 242 g/mol. The van der Waals surface area contributed by atoms with Crippen LogP contribution in [0.15, 0.2) is 30.5 Å². The monoisotopic (exact) mass is 242 g/mol. The summed E-state index contributed by atoms with van der Waals surface area (Å²) >= 11 is 0. The second-order valence-electron chi connectivity index (χ2n) is 4.47. The topological polar surface area (TPSA) is 70.7 Å². The average Bonchev–Trinajstić information content (AvgIpc) is 2.93. The fourth-order valence-corrected chi connectivity index (χ4v) is 2.45. The van der Waals surface area contributed by atoms with Crippen LogP contribution in [0.5, 0.6) is 0 Å². The lowest BCUT2D eigenvalue weighted by Gasteiger charge is -2.25. The number of fused-ring (bicyclic) bond motifs is 1. The summed E-state index contributed by atoms with van der Waals surface area (Å²) in [5.41, 5.74) is 2.88. The van der Waals surface area contributed by atoms with Crippen LogP contribution in [0, 0.1) is 0 Å². The number of rotatable bonds is 2. The van der Waals surface area contributed by atoms with Crippen molar-refractivity contribution >= 4 is 5.91 Å². The van der Waals surface area contributed by atoms with Gasteiger partial charge in [0.1, 0.15) is 0 Å². The van der Waals surface area contributed by atoms with Crippen molar-refractivity contribution in [2.24, 2.45) is 0 Å². The number of hydrogen-bond acceptors (Lipinski definition) is 3. The first-order valence-electron chi connectivity index (χ1n) is 6.09. The summed E-state index contributed by atoms with van der Waals surface area (Å²) in [7, 11) is 0. The predicted molar refractivity (Wildman–Crippen MR) is 66.0 cm³/mol. The number of aryl methyl sites for hydroxylation is 1. The third-order valence-electron chi connectivity index (χ3n) is 3.32. The fourth-order valence-electron chi connectivity index (χ4n) is 2.45. The lowest BCUT2D eigenvalue weighted by molar-refractivity contribution is 0.0927. The minimum absolute atomic E-state index is 0.0825. The Kier molecular flexibility index (Phi) is 2.80. The number of benzene rings is 1. The zero-order valence-electron chi connectivity index (χ0n) is 9.89. The Balaban J connectivity index is 1.80. The molecule has 1 heterocycles. The molecule has 3 rings (SSSR count). The van der Waals surface area contributed by atoms with Crippen LogP contribution in [0.2, 0.25) is 0 Å². The zero-order valence-corrected chi connectivity index (χ0v) is 9.89. The molecule has 18 heavy (non-hydrogen) atoms. The second kappa shape index (κ2) is 4.60. The van der Waals surface area contributed by atoms with Crippen molar-refractivity contribution in [2.75, 3.05) is 0 Å². The molecular formula is C13H14N4O. The maximum atomic E-state index is 12.0. The van der Waals surface area contributed by atoms with Crippen LogP contribution >= 0.6 is 0 Å². The highest BCUT2D eigenvalue weighted by Gasteiger charge is 2.22. The first-order valence-corrected chi connectivity index (χ1v) is 6.09. The highest BCUT2D eigenvalue weighted by molar-refractivity contribution is 5.92. The molecule has 0 saturated carbocycles. The van der Waals surface area contributed by atoms with E-state index in [0.717, 1.165) is 19.3 Å². The molecule has 2 aromatic rings. The molecule has 1 atom stereocenters. The lowest BCUT2D eigenvalue weighted by atomic mass is 9.88. The summed E-state index contributed by atoms with van der Waals surface area (Å²) in [4.78, 5) is 12.0. The van der Waals surface area contributed by atoms with Gasteiger partial charge >= 0.3 is 0 Å². The number of amides is 1. The highest BCUT2D eigenvalue weighted by atomic mass is 16.2. The van der Waals surface area contributed by atoms with E-state index in [1.807, 2.05) is 12.1 Å². The van der Waals surface area contributed by atoms with Crippen LogP contribution in [0.3, 0.4) is 0 Å². The van der Waals surface area contributed by atoms with E-state index in [-0.39, 0.29) is 11.9 Å². The van der Waals surface area contributed by atoms with Crippen LogP contribution in [0.4, 0.5) is 0 Å². The van der Waals surface area contributed by atoms with Crippen LogP contribution in [0.1, 0.15) is 40.5 Å². The third kappa shape index (κ3) is 1.99. The van der Waals surface area contributed by atoms with E-state index in [9.17, 15) is 4.79 Å². The number of aromatic amines is 1. The van der Waals surface area contributed by atoms with Gasteiger partial charge in [0.2, 0.25) is 0 Å². The standard InChI is InChI=1S/C13H14N4O/c18-13(12-8-14-17-16-12)15-11-7-3-5-9-4-1-2-6-10(9)11/h1-2,4,6,8,11H,3,5,7H2,(H,15,18)(H,14,16,17). The molecule has 1 unspecified atom stereocenters. The molecule has 0 aliphatic heterocycles. The van der Waals surface area contributed by atoms with Crippen molar-refractivity contribution in [3.63, 3.8) is 0 Å². The van der Waals surface area contributed by atoms with E-state index in [1.54, 1.807) is 0 Å². The second-order valence-corrected chi connectivity index (χ2v) is 4.47. The molecule has 5 nitrogen and oxygen atoms in total. The Morgan fingerprint density at radius 1 is 1.39 bits per heavy atom. The molecule has 92 valence electrons. The van der Waals surface area contributed by atoms with E-state index in [1.165, 1.54) is 17.3 Å². The van der Waals surface area contributed by atoms with Gasteiger partial charge in [-0.1, -0.05) is 24.3 Å². The number of nitrogens with zero attached hydrogens (tertiary/aromatic N) is 2. The van der Waals surface area contributed by atoms with Crippen LogP contribution in [-0.4, -0.2) is 21.3 Å². The number of hydrogen-bond donors (Lipinski definition) is 2. The fraction of sp³-hybridized carbons (Fsp3) is 0.308. The molecule has 1 amide bonds. The number of carbonyl (C=O) groups excluding carboxylic acids is 1. The van der Waals surface area contributed by atoms with E-state index in [0.29, 0.717) is 5.69 Å². The van der Waals surface area contributed by atoms with Crippen LogP contribution in [-0.2, 0) is 6.42 Å². The SMILES string of the molecule is O=C(NC1CCCc2ccccc21)c1cn[nH]n1. The predicted octanol–water partition coefficient (Wildman–Crippen LogP) is 1.61. The van der Waals surface area contributed by atoms with Gasteiger partial charge in [0.25, 0.3) is 5.91 Å². The molecule has 2 N–H and O–H groups in total. The van der Waals surface area contributed by atoms with Gasteiger partial charge in [0, 0.05) is 0 Å². The smallest absolute Gasteiger partial charge is 0.273 e. The number of nitrogens with one attached hydrogen (secondary N) is 2. The molecule has 0 radical (unpaired) electrons. The molecule has 0 spiro atoms. The molecular weight excluding hydrogens is 228 g/mol. The zero-order chi connectivity index (χ0) is 12.4. The molecule has 0 bridgehead atoms. The Hall–Kier alpha value is -2.17. The van der Waals surface area contributed by atoms with Crippen LogP contribution in [0.25, 0.3) is 0 Å². The van der Waals surface area contributed by atoms with Crippen LogP contribution < -0.4 is 5.32 Å². The van der Waals surface area contributed by atoms with Gasteiger partial charge in [-0.25, -0.2) is 0 Å². The molecule has 5 heteroatoms. The number of aromatic nitrogens is 3. The normalized spacial score (nSPS) is 18.1. The van der Waals surface area contributed by atoms with Gasteiger partial charge in [0.05, 0.1) is 12.2 Å². The van der Waals surface area contributed by atoms with Crippen molar-refractivity contribution in [1.29, 1.82) is 0 Å². The van der Waals surface area contributed by atoms with Gasteiger partial charge in [-0.2, -0.15) is 15.4 Å². The van der Waals surface area contributed by atoms with Crippen molar-refractivity contribution in [2.45, 2.75) is 25.3 Å². The Morgan fingerprint density at radius 3 is 3.11 bits per heavy atom. The van der Waals surface area contributed by atoms with Crippen molar-refractivity contribution in [1.82, 2.24) is 20.7 Å². The first-order chi connectivity index (χ1) is 8.84. The van der Waals surface area contributed by atoms with E-state index >= 15 is 0 Å².